The normalized spacial score (nSPS) is 10.8. The molecule has 6 nitrogen and oxygen atoms in total. The molecule has 0 amide bonds. The van der Waals surface area contributed by atoms with E-state index in [2.05, 4.69) is 41.4 Å². The number of benzene rings is 1. The topological polar surface area (TPSA) is 92.5 Å². The van der Waals surface area contributed by atoms with E-state index < -0.39 is 5.82 Å². The number of fused-ring (bicyclic) bond motifs is 1. The van der Waals surface area contributed by atoms with E-state index in [9.17, 15) is 4.39 Å². The van der Waals surface area contributed by atoms with Gasteiger partial charge in [0.2, 0.25) is 5.95 Å². The van der Waals surface area contributed by atoms with Gasteiger partial charge in [-0.3, -0.25) is 5.10 Å². The maximum absolute atomic E-state index is 13.8. The highest BCUT2D eigenvalue weighted by molar-refractivity contribution is 9.10. The lowest BCUT2D eigenvalue weighted by Crippen LogP contribution is -2.01. The summed E-state index contributed by atoms with van der Waals surface area (Å²) in [6.07, 6.45) is 1.55. The Hall–Kier alpha value is -2.22. The Morgan fingerprint density at radius 1 is 1.32 bits per heavy atom. The van der Waals surface area contributed by atoms with Crippen molar-refractivity contribution >= 4 is 44.4 Å². The van der Waals surface area contributed by atoms with Gasteiger partial charge in [-0.2, -0.15) is 15.1 Å². The highest BCUT2D eigenvalue weighted by Crippen LogP contribution is 2.26. The summed E-state index contributed by atoms with van der Waals surface area (Å²) >= 11 is 3.20. The van der Waals surface area contributed by atoms with E-state index >= 15 is 0 Å². The molecule has 0 saturated heterocycles. The third kappa shape index (κ3) is 2.22. The van der Waals surface area contributed by atoms with Crippen LogP contribution in [0.3, 0.4) is 0 Å². The van der Waals surface area contributed by atoms with Crippen molar-refractivity contribution < 1.29 is 4.39 Å². The van der Waals surface area contributed by atoms with Gasteiger partial charge in [-0.15, -0.1) is 0 Å². The second-order valence-corrected chi connectivity index (χ2v) is 4.73. The van der Waals surface area contributed by atoms with E-state index in [-0.39, 0.29) is 5.95 Å². The lowest BCUT2D eigenvalue weighted by Gasteiger charge is -2.08. The largest absolute Gasteiger partial charge is 0.368 e. The minimum absolute atomic E-state index is 0.0803. The first kappa shape index (κ1) is 11.8. The van der Waals surface area contributed by atoms with Crippen molar-refractivity contribution in [2.45, 2.75) is 0 Å². The van der Waals surface area contributed by atoms with Crippen LogP contribution in [0, 0.1) is 5.82 Å². The van der Waals surface area contributed by atoms with Gasteiger partial charge in [-0.25, -0.2) is 4.39 Å². The number of nitrogens with two attached hydrogens (primary N) is 1. The third-order valence-corrected chi connectivity index (χ3v) is 3.00. The predicted octanol–water partition coefficient (Wildman–Crippen LogP) is 2.58. The van der Waals surface area contributed by atoms with Crippen molar-refractivity contribution in [3.63, 3.8) is 0 Å². The Labute approximate surface area is 115 Å². The molecule has 0 fully saturated rings. The molecular formula is C11H8BrFN6. The van der Waals surface area contributed by atoms with Gasteiger partial charge in [0.25, 0.3) is 0 Å². The number of hydrogen-bond donors (Lipinski definition) is 3. The van der Waals surface area contributed by atoms with Crippen LogP contribution in [-0.4, -0.2) is 20.2 Å². The van der Waals surface area contributed by atoms with Gasteiger partial charge in [0, 0.05) is 4.47 Å². The molecule has 0 aliphatic heterocycles. The molecule has 0 atom stereocenters. The van der Waals surface area contributed by atoms with Gasteiger partial charge < -0.3 is 11.1 Å². The van der Waals surface area contributed by atoms with Crippen LogP contribution in [0.5, 0.6) is 0 Å². The standard InChI is InChI=1S/C11H8BrFN6/c12-5-1-2-8(7(13)3-5)16-9-6-4-15-19-10(6)18-11(14)17-9/h1-4H,(H4,14,15,16,17,18,19). The molecule has 0 unspecified atom stereocenters. The number of rotatable bonds is 2. The number of anilines is 3. The quantitative estimate of drug-likeness (QED) is 0.674. The predicted molar refractivity (Wildman–Crippen MR) is 73.5 cm³/mol. The molecule has 0 spiro atoms. The second kappa shape index (κ2) is 4.47. The summed E-state index contributed by atoms with van der Waals surface area (Å²) in [6, 6.07) is 4.69. The van der Waals surface area contributed by atoms with Crippen molar-refractivity contribution in [2.75, 3.05) is 11.1 Å². The molecule has 0 saturated carbocycles. The Kier molecular flexibility index (Phi) is 2.79. The molecule has 1 aromatic carbocycles. The van der Waals surface area contributed by atoms with E-state index in [4.69, 9.17) is 5.73 Å². The molecule has 19 heavy (non-hydrogen) atoms. The SMILES string of the molecule is Nc1nc(Nc2ccc(Br)cc2F)c2cn[nH]c2n1. The number of aromatic amines is 1. The molecule has 3 rings (SSSR count). The second-order valence-electron chi connectivity index (χ2n) is 3.81. The van der Waals surface area contributed by atoms with E-state index in [1.807, 2.05) is 0 Å². The fourth-order valence-electron chi connectivity index (χ4n) is 1.67. The number of halogens is 2. The third-order valence-electron chi connectivity index (χ3n) is 2.51. The fraction of sp³-hybridized carbons (Fsp3) is 0. The Morgan fingerprint density at radius 3 is 2.95 bits per heavy atom. The minimum atomic E-state index is -0.400. The molecule has 8 heteroatoms. The molecule has 3 aromatic rings. The van der Waals surface area contributed by atoms with Crippen LogP contribution < -0.4 is 11.1 Å². The van der Waals surface area contributed by atoms with Crippen molar-refractivity contribution in [1.29, 1.82) is 0 Å². The van der Waals surface area contributed by atoms with Gasteiger partial charge in [-0.05, 0) is 18.2 Å². The summed E-state index contributed by atoms with van der Waals surface area (Å²) < 4.78 is 14.4. The molecular weight excluding hydrogens is 315 g/mol. The lowest BCUT2D eigenvalue weighted by atomic mass is 10.3. The first-order valence-corrected chi connectivity index (χ1v) is 6.11. The average Bonchev–Trinajstić information content (AvgIpc) is 2.80. The van der Waals surface area contributed by atoms with E-state index in [1.54, 1.807) is 18.3 Å². The first-order chi connectivity index (χ1) is 9.13. The number of nitrogens with one attached hydrogen (secondary N) is 2. The van der Waals surface area contributed by atoms with Crippen LogP contribution in [0.25, 0.3) is 11.0 Å². The lowest BCUT2D eigenvalue weighted by molar-refractivity contribution is 0.631. The van der Waals surface area contributed by atoms with Crippen molar-refractivity contribution in [1.82, 2.24) is 20.2 Å². The summed E-state index contributed by atoms with van der Waals surface area (Å²) in [5, 5.41) is 10.1. The fourth-order valence-corrected chi connectivity index (χ4v) is 2.00. The number of nitrogens with zero attached hydrogens (tertiary/aromatic N) is 3. The summed E-state index contributed by atoms with van der Waals surface area (Å²) in [4.78, 5) is 8.03. The van der Waals surface area contributed by atoms with Crippen LogP contribution in [0.2, 0.25) is 0 Å². The number of hydrogen-bond acceptors (Lipinski definition) is 5. The Morgan fingerprint density at radius 2 is 2.16 bits per heavy atom. The molecule has 0 aliphatic rings. The molecule has 0 aliphatic carbocycles. The minimum Gasteiger partial charge on any atom is -0.368 e. The maximum Gasteiger partial charge on any atom is 0.224 e. The van der Waals surface area contributed by atoms with Gasteiger partial charge in [-0.1, -0.05) is 15.9 Å². The summed E-state index contributed by atoms with van der Waals surface area (Å²) in [6.45, 7) is 0. The van der Waals surface area contributed by atoms with Crippen LogP contribution in [-0.2, 0) is 0 Å². The number of aromatic nitrogens is 4. The zero-order chi connectivity index (χ0) is 13.4. The number of H-pyrrole nitrogens is 1. The highest BCUT2D eigenvalue weighted by Gasteiger charge is 2.10. The van der Waals surface area contributed by atoms with E-state index in [0.717, 1.165) is 0 Å². The van der Waals surface area contributed by atoms with Crippen LogP contribution in [0.15, 0.2) is 28.9 Å². The maximum atomic E-state index is 13.8. The van der Waals surface area contributed by atoms with Crippen LogP contribution in [0.1, 0.15) is 0 Å². The van der Waals surface area contributed by atoms with Gasteiger partial charge in [0.05, 0.1) is 17.3 Å². The zero-order valence-electron chi connectivity index (χ0n) is 9.48. The molecule has 2 aromatic heterocycles. The zero-order valence-corrected chi connectivity index (χ0v) is 11.1. The van der Waals surface area contributed by atoms with Crippen molar-refractivity contribution in [3.05, 3.63) is 34.7 Å². The summed E-state index contributed by atoms with van der Waals surface area (Å²) in [5.41, 5.74) is 6.38. The highest BCUT2D eigenvalue weighted by atomic mass is 79.9. The Balaban J connectivity index is 2.07. The van der Waals surface area contributed by atoms with E-state index in [1.165, 1.54) is 6.07 Å². The Bertz CT molecular complexity index is 756. The summed E-state index contributed by atoms with van der Waals surface area (Å²) in [5.74, 6) is 0.0810. The van der Waals surface area contributed by atoms with Gasteiger partial charge >= 0.3 is 0 Å². The smallest absolute Gasteiger partial charge is 0.224 e. The van der Waals surface area contributed by atoms with Crippen molar-refractivity contribution in [2.24, 2.45) is 0 Å². The molecule has 4 N–H and O–H groups in total. The van der Waals surface area contributed by atoms with Crippen molar-refractivity contribution in [3.8, 4) is 0 Å². The van der Waals surface area contributed by atoms with Gasteiger partial charge in [0.1, 0.15) is 11.6 Å². The first-order valence-electron chi connectivity index (χ1n) is 5.32. The van der Waals surface area contributed by atoms with Crippen LogP contribution in [0.4, 0.5) is 21.8 Å². The number of nitrogen functional groups attached to an aromatic ring is 1. The average molecular weight is 323 g/mol. The molecule has 0 bridgehead atoms. The molecule has 96 valence electrons. The van der Waals surface area contributed by atoms with E-state index in [0.29, 0.717) is 27.0 Å². The van der Waals surface area contributed by atoms with Crippen LogP contribution >= 0.6 is 15.9 Å². The molecule has 0 radical (unpaired) electrons. The summed E-state index contributed by atoms with van der Waals surface area (Å²) in [7, 11) is 0. The molecule has 2 heterocycles. The van der Waals surface area contributed by atoms with Gasteiger partial charge in [0.15, 0.2) is 5.65 Å². The monoisotopic (exact) mass is 322 g/mol.